The van der Waals surface area contributed by atoms with E-state index in [0.717, 1.165) is 54.4 Å². The minimum Gasteiger partial charge on any atom is -0.389 e. The molecule has 1 N–H and O–H groups in total. The molecule has 1 unspecified atom stereocenters. The summed E-state index contributed by atoms with van der Waals surface area (Å²) >= 11 is 0. The van der Waals surface area contributed by atoms with Gasteiger partial charge in [0.15, 0.2) is 5.78 Å². The smallest absolute Gasteiger partial charge is 0.186 e. The fourth-order valence-electron chi connectivity index (χ4n) is 4.02. The summed E-state index contributed by atoms with van der Waals surface area (Å²) in [4.78, 5) is 12.8. The van der Waals surface area contributed by atoms with Crippen molar-refractivity contribution in [3.63, 3.8) is 0 Å². The number of hydrogen-bond donors (Lipinski definition) is 1. The molecule has 0 saturated heterocycles. The highest BCUT2D eigenvalue weighted by atomic mass is 31.0. The van der Waals surface area contributed by atoms with E-state index >= 15 is 0 Å². The Balaban J connectivity index is 1.81. The summed E-state index contributed by atoms with van der Waals surface area (Å²) in [5, 5.41) is 3.29. The number of allylic oxidation sites excluding steroid dienone is 3. The SMILES string of the molecule is C=C(Cc1ccc2c(c1C)CC(c1ccc(CCCCP)cc1)=CC2=O)NCC. The maximum atomic E-state index is 12.8. The lowest BCUT2D eigenvalue weighted by atomic mass is 9.83. The molecule has 0 radical (unpaired) electrons. The maximum absolute atomic E-state index is 12.8. The second-order valence-electron chi connectivity index (χ2n) is 7.84. The number of rotatable bonds is 9. The summed E-state index contributed by atoms with van der Waals surface area (Å²) in [7, 11) is 2.79. The van der Waals surface area contributed by atoms with Gasteiger partial charge < -0.3 is 5.32 Å². The summed E-state index contributed by atoms with van der Waals surface area (Å²) in [5.41, 5.74) is 9.13. The van der Waals surface area contributed by atoms with Gasteiger partial charge in [-0.05, 0) is 85.2 Å². The predicted octanol–water partition coefficient (Wildman–Crippen LogP) is 5.68. The van der Waals surface area contributed by atoms with Crippen LogP contribution in [0.25, 0.3) is 5.57 Å². The lowest BCUT2D eigenvalue weighted by Gasteiger charge is -2.21. The normalized spacial score (nSPS) is 13.1. The Labute approximate surface area is 177 Å². The molecule has 0 aliphatic heterocycles. The molecule has 0 aromatic heterocycles. The molecule has 152 valence electrons. The van der Waals surface area contributed by atoms with E-state index in [1.54, 1.807) is 0 Å². The number of carbonyl (C=O) groups excluding carboxylic acids is 1. The predicted molar refractivity (Wildman–Crippen MR) is 128 cm³/mol. The molecule has 3 rings (SSSR count). The van der Waals surface area contributed by atoms with Crippen LogP contribution in [0.2, 0.25) is 0 Å². The zero-order valence-electron chi connectivity index (χ0n) is 17.7. The zero-order valence-corrected chi connectivity index (χ0v) is 18.8. The Bertz CT molecular complexity index is 924. The summed E-state index contributed by atoms with van der Waals surface area (Å²) in [6, 6.07) is 12.8. The first-order chi connectivity index (χ1) is 14.0. The van der Waals surface area contributed by atoms with Gasteiger partial charge in [-0.3, -0.25) is 4.79 Å². The second kappa shape index (κ2) is 10.0. The largest absolute Gasteiger partial charge is 0.389 e. The van der Waals surface area contributed by atoms with Crippen molar-refractivity contribution >= 4 is 20.6 Å². The van der Waals surface area contributed by atoms with Gasteiger partial charge in [0, 0.05) is 24.2 Å². The molecular weight excluding hydrogens is 373 g/mol. The Morgan fingerprint density at radius 3 is 2.59 bits per heavy atom. The molecule has 29 heavy (non-hydrogen) atoms. The molecule has 0 fully saturated rings. The highest BCUT2D eigenvalue weighted by molar-refractivity contribution is 7.16. The van der Waals surface area contributed by atoms with E-state index in [4.69, 9.17) is 0 Å². The summed E-state index contributed by atoms with van der Waals surface area (Å²) in [6.07, 6.45) is 8.17. The van der Waals surface area contributed by atoms with Gasteiger partial charge in [0.2, 0.25) is 0 Å². The van der Waals surface area contributed by atoms with Crippen molar-refractivity contribution in [2.24, 2.45) is 0 Å². The van der Waals surface area contributed by atoms with Gasteiger partial charge >= 0.3 is 0 Å². The Kier molecular flexibility index (Phi) is 7.45. The number of nitrogens with one attached hydrogen (secondary N) is 1. The van der Waals surface area contributed by atoms with Crippen LogP contribution in [-0.4, -0.2) is 18.5 Å². The highest BCUT2D eigenvalue weighted by Crippen LogP contribution is 2.32. The van der Waals surface area contributed by atoms with E-state index in [-0.39, 0.29) is 5.78 Å². The monoisotopic (exact) mass is 405 g/mol. The number of unbranched alkanes of at least 4 members (excludes halogenated alkanes) is 1. The van der Waals surface area contributed by atoms with Crippen LogP contribution in [0.3, 0.4) is 0 Å². The third-order valence-corrected chi connectivity index (χ3v) is 6.13. The summed E-state index contributed by atoms with van der Waals surface area (Å²) < 4.78 is 0. The number of carbonyl (C=O) groups is 1. The average Bonchev–Trinajstić information content (AvgIpc) is 2.71. The van der Waals surface area contributed by atoms with E-state index in [1.807, 2.05) is 12.1 Å². The van der Waals surface area contributed by atoms with Crippen LogP contribution in [0.15, 0.2) is 54.8 Å². The van der Waals surface area contributed by atoms with Gasteiger partial charge in [0.05, 0.1) is 0 Å². The van der Waals surface area contributed by atoms with Crippen LogP contribution in [0.1, 0.15) is 57.9 Å². The van der Waals surface area contributed by atoms with Crippen LogP contribution in [-0.2, 0) is 19.3 Å². The van der Waals surface area contributed by atoms with E-state index < -0.39 is 0 Å². The molecule has 2 aromatic rings. The van der Waals surface area contributed by atoms with Crippen molar-refractivity contribution in [2.75, 3.05) is 12.7 Å². The van der Waals surface area contributed by atoms with Gasteiger partial charge in [0.1, 0.15) is 0 Å². The van der Waals surface area contributed by atoms with Crippen LogP contribution >= 0.6 is 9.24 Å². The lowest BCUT2D eigenvalue weighted by molar-refractivity contribution is 0.104. The quantitative estimate of drug-likeness (QED) is 0.429. The minimum atomic E-state index is 0.117. The fraction of sp³-hybridized carbons (Fsp3) is 0.346. The minimum absolute atomic E-state index is 0.117. The van der Waals surface area contributed by atoms with Crippen LogP contribution < -0.4 is 5.32 Å². The van der Waals surface area contributed by atoms with Gasteiger partial charge in [-0.1, -0.05) is 43.0 Å². The van der Waals surface area contributed by atoms with E-state index in [0.29, 0.717) is 0 Å². The second-order valence-corrected chi connectivity index (χ2v) is 8.42. The molecule has 2 aromatic carbocycles. The summed E-state index contributed by atoms with van der Waals surface area (Å²) in [6.45, 7) is 9.21. The molecule has 1 atom stereocenters. The zero-order chi connectivity index (χ0) is 20.8. The van der Waals surface area contributed by atoms with Crippen LogP contribution in [0, 0.1) is 6.92 Å². The van der Waals surface area contributed by atoms with Gasteiger partial charge in [0.25, 0.3) is 0 Å². The Hall–Kier alpha value is -2.18. The third kappa shape index (κ3) is 5.25. The lowest BCUT2D eigenvalue weighted by Crippen LogP contribution is -2.16. The molecule has 0 saturated carbocycles. The number of aryl methyl sites for hydroxylation is 1. The number of likely N-dealkylation sites (N-methyl/N-ethyl adjacent to an activating group) is 1. The highest BCUT2D eigenvalue weighted by Gasteiger charge is 2.21. The fourth-order valence-corrected chi connectivity index (χ4v) is 4.31. The van der Waals surface area contributed by atoms with Gasteiger partial charge in [-0.25, -0.2) is 0 Å². The van der Waals surface area contributed by atoms with Crippen molar-refractivity contribution < 1.29 is 4.79 Å². The maximum Gasteiger partial charge on any atom is 0.186 e. The molecule has 0 spiro atoms. The van der Waals surface area contributed by atoms with Crippen molar-refractivity contribution in [1.29, 1.82) is 0 Å². The molecule has 0 amide bonds. The number of ketones is 1. The Morgan fingerprint density at radius 1 is 1.14 bits per heavy atom. The van der Waals surface area contributed by atoms with E-state index in [9.17, 15) is 4.79 Å². The first kappa shape index (κ1) is 21.5. The first-order valence-corrected chi connectivity index (χ1v) is 11.4. The van der Waals surface area contributed by atoms with Gasteiger partial charge in [-0.15, -0.1) is 9.24 Å². The van der Waals surface area contributed by atoms with Crippen LogP contribution in [0.4, 0.5) is 0 Å². The molecule has 3 heteroatoms. The molecule has 0 bridgehead atoms. The topological polar surface area (TPSA) is 29.1 Å². The third-order valence-electron chi connectivity index (χ3n) is 5.72. The number of fused-ring (bicyclic) bond motifs is 1. The van der Waals surface area contributed by atoms with Crippen molar-refractivity contribution in [1.82, 2.24) is 5.32 Å². The number of hydrogen-bond acceptors (Lipinski definition) is 2. The standard InChI is InChI=1S/C26H32NOP/c1-4-27-18(2)15-22-12-13-24-25(19(22)3)16-23(17-26(24)28)21-10-8-20(9-11-21)7-5-6-14-29/h8-13,17,27H,2,4-7,14-16,29H2,1,3H3. The summed E-state index contributed by atoms with van der Waals surface area (Å²) in [5.74, 6) is 0.117. The van der Waals surface area contributed by atoms with Crippen molar-refractivity contribution in [2.45, 2.75) is 46.0 Å². The molecule has 2 nitrogen and oxygen atoms in total. The molecule has 0 heterocycles. The molecule has 1 aliphatic rings. The van der Waals surface area contributed by atoms with Gasteiger partial charge in [-0.2, -0.15) is 0 Å². The molecule has 1 aliphatic carbocycles. The van der Waals surface area contributed by atoms with E-state index in [1.165, 1.54) is 35.1 Å². The Morgan fingerprint density at radius 2 is 1.90 bits per heavy atom. The van der Waals surface area contributed by atoms with E-state index in [2.05, 4.69) is 65.3 Å². The van der Waals surface area contributed by atoms with Crippen molar-refractivity contribution in [3.05, 3.63) is 88.1 Å². The molecular formula is C26H32NOP. The average molecular weight is 406 g/mol. The number of benzene rings is 2. The van der Waals surface area contributed by atoms with Crippen molar-refractivity contribution in [3.8, 4) is 0 Å². The van der Waals surface area contributed by atoms with Crippen LogP contribution in [0.5, 0.6) is 0 Å². The first-order valence-electron chi connectivity index (χ1n) is 10.6.